The van der Waals surface area contributed by atoms with Gasteiger partial charge in [-0.2, -0.15) is 0 Å². The van der Waals surface area contributed by atoms with Crippen molar-refractivity contribution in [3.05, 3.63) is 24.0 Å². The van der Waals surface area contributed by atoms with Crippen LogP contribution in [0.3, 0.4) is 0 Å². The van der Waals surface area contributed by atoms with Crippen LogP contribution in [0.25, 0.3) is 0 Å². The van der Waals surface area contributed by atoms with E-state index in [0.717, 1.165) is 24.3 Å². The van der Waals surface area contributed by atoms with Crippen molar-refractivity contribution in [2.75, 3.05) is 25.1 Å². The number of nitrogens with zero attached hydrogens (tertiary/aromatic N) is 2. The van der Waals surface area contributed by atoms with E-state index < -0.39 is 0 Å². The Labute approximate surface area is 110 Å². The van der Waals surface area contributed by atoms with Crippen molar-refractivity contribution in [2.24, 2.45) is 0 Å². The molecule has 0 aromatic carbocycles. The Morgan fingerprint density at radius 1 is 1.33 bits per heavy atom. The van der Waals surface area contributed by atoms with Gasteiger partial charge in [-0.3, -0.25) is 4.98 Å². The first-order valence-corrected chi connectivity index (χ1v) is 6.60. The molecule has 0 bridgehead atoms. The van der Waals surface area contributed by atoms with E-state index in [4.69, 9.17) is 5.11 Å². The van der Waals surface area contributed by atoms with Gasteiger partial charge < -0.3 is 15.3 Å². The summed E-state index contributed by atoms with van der Waals surface area (Å²) in [5, 5.41) is 12.1. The molecule has 1 rings (SSSR count). The van der Waals surface area contributed by atoms with Crippen LogP contribution >= 0.6 is 0 Å². The summed E-state index contributed by atoms with van der Waals surface area (Å²) in [7, 11) is 1.93. The van der Waals surface area contributed by atoms with E-state index in [-0.39, 0.29) is 12.6 Å². The second-order valence-corrected chi connectivity index (χ2v) is 4.82. The van der Waals surface area contributed by atoms with Crippen LogP contribution in [0.5, 0.6) is 0 Å². The molecular formula is C14H25N3O. The Hall–Kier alpha value is -1.13. The highest BCUT2D eigenvalue weighted by atomic mass is 16.3. The third-order valence-electron chi connectivity index (χ3n) is 3.16. The second kappa shape index (κ2) is 7.34. The first-order valence-electron chi connectivity index (χ1n) is 6.60. The fraction of sp³-hybridized carbons (Fsp3) is 0.643. The highest BCUT2D eigenvalue weighted by Crippen LogP contribution is 2.18. The van der Waals surface area contributed by atoms with Crippen LogP contribution in [0, 0.1) is 0 Å². The fourth-order valence-electron chi connectivity index (χ4n) is 1.90. The van der Waals surface area contributed by atoms with E-state index in [1.165, 1.54) is 0 Å². The normalized spacial score (nSPS) is 12.8. The molecule has 102 valence electrons. The molecule has 0 spiro atoms. The van der Waals surface area contributed by atoms with Gasteiger partial charge in [-0.1, -0.05) is 0 Å². The number of aliphatic hydroxyl groups excluding tert-OH is 1. The van der Waals surface area contributed by atoms with E-state index in [1.807, 2.05) is 13.2 Å². The van der Waals surface area contributed by atoms with Gasteiger partial charge >= 0.3 is 0 Å². The van der Waals surface area contributed by atoms with Crippen LogP contribution in [0.4, 0.5) is 5.69 Å². The van der Waals surface area contributed by atoms with Crippen LogP contribution < -0.4 is 10.2 Å². The summed E-state index contributed by atoms with van der Waals surface area (Å²) >= 11 is 0. The number of rotatable bonds is 7. The molecule has 1 aromatic heterocycles. The molecule has 1 unspecified atom stereocenters. The molecule has 2 N–H and O–H groups in total. The van der Waals surface area contributed by atoms with Gasteiger partial charge in [0.2, 0.25) is 0 Å². The maximum Gasteiger partial charge on any atom is 0.0571 e. The van der Waals surface area contributed by atoms with Crippen molar-refractivity contribution in [3.8, 4) is 0 Å². The summed E-state index contributed by atoms with van der Waals surface area (Å²) in [4.78, 5) is 6.76. The summed E-state index contributed by atoms with van der Waals surface area (Å²) < 4.78 is 0. The molecule has 18 heavy (non-hydrogen) atoms. The Morgan fingerprint density at radius 2 is 2.06 bits per heavy atom. The highest BCUT2D eigenvalue weighted by Gasteiger charge is 2.11. The van der Waals surface area contributed by atoms with Gasteiger partial charge in [0, 0.05) is 25.2 Å². The summed E-state index contributed by atoms with van der Waals surface area (Å²) in [6.07, 6.45) is 2.70. The van der Waals surface area contributed by atoms with Crippen LogP contribution in [0.2, 0.25) is 0 Å². The molecule has 0 aliphatic rings. The van der Waals surface area contributed by atoms with Crippen molar-refractivity contribution in [1.29, 1.82) is 0 Å². The lowest BCUT2D eigenvalue weighted by molar-refractivity contribution is 0.288. The number of anilines is 1. The van der Waals surface area contributed by atoms with Crippen LogP contribution in [-0.2, 0) is 0 Å². The summed E-state index contributed by atoms with van der Waals surface area (Å²) in [6, 6.07) is 4.84. The van der Waals surface area contributed by atoms with Gasteiger partial charge in [0.1, 0.15) is 0 Å². The lowest BCUT2D eigenvalue weighted by atomic mass is 10.2. The molecule has 0 aliphatic carbocycles. The maximum absolute atomic E-state index is 8.94. The number of pyridine rings is 1. The van der Waals surface area contributed by atoms with Gasteiger partial charge in [0.15, 0.2) is 0 Å². The van der Waals surface area contributed by atoms with Crippen molar-refractivity contribution < 1.29 is 5.11 Å². The predicted molar refractivity (Wildman–Crippen MR) is 75.9 cm³/mol. The van der Waals surface area contributed by atoms with E-state index >= 15 is 0 Å². The average molecular weight is 251 g/mol. The Bertz CT molecular complexity index is 337. The molecule has 1 aromatic rings. The number of hydrogen-bond acceptors (Lipinski definition) is 4. The molecular weight excluding hydrogens is 226 g/mol. The van der Waals surface area contributed by atoms with Gasteiger partial charge in [0.05, 0.1) is 17.6 Å². The van der Waals surface area contributed by atoms with Crippen molar-refractivity contribution in [3.63, 3.8) is 0 Å². The summed E-state index contributed by atoms with van der Waals surface area (Å²) in [5.74, 6) is 0. The van der Waals surface area contributed by atoms with Crippen molar-refractivity contribution in [2.45, 2.75) is 39.3 Å². The molecule has 0 fully saturated rings. The maximum atomic E-state index is 8.94. The fourth-order valence-corrected chi connectivity index (χ4v) is 1.90. The second-order valence-electron chi connectivity index (χ2n) is 4.82. The minimum Gasteiger partial charge on any atom is -0.396 e. The average Bonchev–Trinajstić information content (AvgIpc) is 2.38. The monoisotopic (exact) mass is 251 g/mol. The molecule has 0 saturated heterocycles. The molecule has 0 saturated carbocycles. The highest BCUT2D eigenvalue weighted by molar-refractivity contribution is 5.45. The predicted octanol–water partition coefficient (Wildman–Crippen LogP) is 1.96. The van der Waals surface area contributed by atoms with Crippen molar-refractivity contribution >= 4 is 5.69 Å². The number of hydrogen-bond donors (Lipinski definition) is 2. The summed E-state index contributed by atoms with van der Waals surface area (Å²) in [5.41, 5.74) is 2.16. The van der Waals surface area contributed by atoms with E-state index in [9.17, 15) is 0 Å². The molecule has 1 atom stereocenters. The van der Waals surface area contributed by atoms with Gasteiger partial charge in [0.25, 0.3) is 0 Å². The first kappa shape index (κ1) is 14.9. The van der Waals surface area contributed by atoms with Crippen LogP contribution in [0.1, 0.15) is 38.9 Å². The third-order valence-corrected chi connectivity index (χ3v) is 3.16. The largest absolute Gasteiger partial charge is 0.396 e. The minimum atomic E-state index is 0.228. The van der Waals surface area contributed by atoms with E-state index in [1.54, 1.807) is 0 Å². The molecule has 0 amide bonds. The standard InChI is InChI=1S/C14H25N3O/c1-11(2)17(8-5-9-18)13-6-7-14(16-10-13)12(3)15-4/h6-7,10-12,15,18H,5,8-9H2,1-4H3. The number of nitrogens with one attached hydrogen (secondary N) is 1. The lowest BCUT2D eigenvalue weighted by Gasteiger charge is -2.28. The topological polar surface area (TPSA) is 48.4 Å². The molecule has 0 radical (unpaired) electrons. The molecule has 4 nitrogen and oxygen atoms in total. The molecule has 0 aliphatic heterocycles. The zero-order valence-corrected chi connectivity index (χ0v) is 11.8. The van der Waals surface area contributed by atoms with Gasteiger partial charge in [-0.15, -0.1) is 0 Å². The zero-order chi connectivity index (χ0) is 13.5. The first-order chi connectivity index (χ1) is 8.60. The van der Waals surface area contributed by atoms with Gasteiger partial charge in [-0.25, -0.2) is 0 Å². The number of aromatic nitrogens is 1. The Morgan fingerprint density at radius 3 is 2.50 bits per heavy atom. The SMILES string of the molecule is CNC(C)c1ccc(N(CCCO)C(C)C)cn1. The molecule has 1 heterocycles. The van der Waals surface area contributed by atoms with Crippen LogP contribution in [0.15, 0.2) is 18.3 Å². The summed E-state index contributed by atoms with van der Waals surface area (Å²) in [6.45, 7) is 7.49. The Balaban J connectivity index is 2.80. The quantitative estimate of drug-likeness (QED) is 0.778. The van der Waals surface area contributed by atoms with Gasteiger partial charge in [-0.05, 0) is 46.4 Å². The smallest absolute Gasteiger partial charge is 0.0571 e. The minimum absolute atomic E-state index is 0.228. The number of aliphatic hydroxyl groups is 1. The van der Waals surface area contributed by atoms with Crippen molar-refractivity contribution in [1.82, 2.24) is 10.3 Å². The lowest BCUT2D eigenvalue weighted by Crippen LogP contribution is -2.32. The molecule has 4 heteroatoms. The van der Waals surface area contributed by atoms with E-state index in [0.29, 0.717) is 6.04 Å². The Kier molecular flexibility index (Phi) is 6.09. The van der Waals surface area contributed by atoms with Crippen LogP contribution in [-0.4, -0.2) is 36.3 Å². The van der Waals surface area contributed by atoms with E-state index in [2.05, 4.69) is 48.1 Å². The zero-order valence-electron chi connectivity index (χ0n) is 11.8. The third kappa shape index (κ3) is 3.96.